The summed E-state index contributed by atoms with van der Waals surface area (Å²) in [6, 6.07) is 27.6. The summed E-state index contributed by atoms with van der Waals surface area (Å²) in [5.74, 6) is 0.551. The molecule has 0 radical (unpaired) electrons. The molecule has 0 saturated carbocycles. The first-order valence-electron chi connectivity index (χ1n) is 13.3. The van der Waals surface area contributed by atoms with Gasteiger partial charge in [0.1, 0.15) is 11.6 Å². The van der Waals surface area contributed by atoms with Gasteiger partial charge in [-0.2, -0.15) is 5.10 Å². The van der Waals surface area contributed by atoms with Crippen molar-refractivity contribution in [1.29, 1.82) is 0 Å². The Bertz CT molecular complexity index is 1620. The number of amides is 2. The number of anilines is 1. The van der Waals surface area contributed by atoms with Crippen LogP contribution in [0.5, 0.6) is 0 Å². The number of aryl methyl sites for hydroxylation is 2. The quantitative estimate of drug-likeness (QED) is 0.270. The second kappa shape index (κ2) is 10.3. The van der Waals surface area contributed by atoms with Gasteiger partial charge in [0, 0.05) is 17.4 Å². The normalized spacial score (nSPS) is 14.4. The topological polar surface area (TPSA) is 55.1 Å². The summed E-state index contributed by atoms with van der Waals surface area (Å²) in [6.07, 6.45) is 3.62. The molecule has 196 valence electrons. The van der Waals surface area contributed by atoms with Crippen molar-refractivity contribution >= 4 is 11.7 Å². The maximum absolute atomic E-state index is 14.5. The highest BCUT2D eigenvalue weighted by molar-refractivity contribution is 5.90. The number of hydrogen-bond donors (Lipinski definition) is 1. The van der Waals surface area contributed by atoms with Crippen molar-refractivity contribution in [2.75, 3.05) is 5.32 Å². The highest BCUT2D eigenvalue weighted by atomic mass is 19.1. The molecular weight excluding hydrogens is 489 g/mol. The molecule has 2 aromatic heterocycles. The summed E-state index contributed by atoms with van der Waals surface area (Å²) in [5.41, 5.74) is 6.29. The summed E-state index contributed by atoms with van der Waals surface area (Å²) < 4.78 is 18.6. The second-order valence-corrected chi connectivity index (χ2v) is 9.72. The van der Waals surface area contributed by atoms with E-state index in [4.69, 9.17) is 5.10 Å². The van der Waals surface area contributed by atoms with Crippen molar-refractivity contribution < 1.29 is 9.18 Å². The molecule has 0 spiro atoms. The van der Waals surface area contributed by atoms with Crippen molar-refractivity contribution in [2.24, 2.45) is 0 Å². The molecule has 1 unspecified atom stereocenters. The Hall–Kier alpha value is -4.65. The number of halogens is 1. The third-order valence-electron chi connectivity index (χ3n) is 7.34. The predicted molar refractivity (Wildman–Crippen MR) is 151 cm³/mol. The number of urea groups is 1. The molecule has 1 N–H and O–H groups in total. The van der Waals surface area contributed by atoms with Crippen LogP contribution in [0.1, 0.15) is 48.0 Å². The van der Waals surface area contributed by atoms with Crippen molar-refractivity contribution in [3.63, 3.8) is 0 Å². The Labute approximate surface area is 227 Å². The number of carbonyl (C=O) groups is 1. The van der Waals surface area contributed by atoms with E-state index in [1.54, 1.807) is 11.0 Å². The van der Waals surface area contributed by atoms with Crippen LogP contribution in [0, 0.1) is 5.82 Å². The van der Waals surface area contributed by atoms with E-state index < -0.39 is 6.04 Å². The van der Waals surface area contributed by atoms with Gasteiger partial charge in [-0.25, -0.2) is 13.9 Å². The minimum atomic E-state index is -0.521. The van der Waals surface area contributed by atoms with Gasteiger partial charge in [0.05, 0.1) is 29.7 Å². The van der Waals surface area contributed by atoms with Gasteiger partial charge in [-0.05, 0) is 72.5 Å². The Kier molecular flexibility index (Phi) is 6.49. The summed E-state index contributed by atoms with van der Waals surface area (Å²) >= 11 is 0. The standard InChI is InChI=1S/C32H30FN5O/c1-3-22-15-17-25(18-16-22)34-32(39)37-21-27-28(4-2)35-38(26-12-6-5-7-13-26)31(27)36-19-9-14-29(36)30(37)23-10-8-11-24(33)20-23/h5-20,30H,3-4,21H2,1-2H3,(H,34,39). The molecule has 6 nitrogen and oxygen atoms in total. The van der Waals surface area contributed by atoms with E-state index >= 15 is 0 Å². The van der Waals surface area contributed by atoms with Crippen LogP contribution in [-0.2, 0) is 19.4 Å². The highest BCUT2D eigenvalue weighted by Crippen LogP contribution is 2.39. The summed E-state index contributed by atoms with van der Waals surface area (Å²) in [5, 5.41) is 8.08. The lowest BCUT2D eigenvalue weighted by molar-refractivity contribution is 0.194. The van der Waals surface area contributed by atoms with Gasteiger partial charge in [-0.3, -0.25) is 0 Å². The molecule has 0 aliphatic carbocycles. The number of hydrogen-bond acceptors (Lipinski definition) is 2. The van der Waals surface area contributed by atoms with Gasteiger partial charge in [0.2, 0.25) is 0 Å². The van der Waals surface area contributed by atoms with Crippen LogP contribution < -0.4 is 5.32 Å². The summed E-state index contributed by atoms with van der Waals surface area (Å²) in [7, 11) is 0. The minimum absolute atomic E-state index is 0.261. The van der Waals surface area contributed by atoms with Crippen LogP contribution in [0.4, 0.5) is 14.9 Å². The van der Waals surface area contributed by atoms with Gasteiger partial charge in [0.15, 0.2) is 0 Å². The average Bonchev–Trinajstić information content (AvgIpc) is 3.55. The summed E-state index contributed by atoms with van der Waals surface area (Å²) in [6.45, 7) is 4.48. The fourth-order valence-electron chi connectivity index (χ4n) is 5.39. The molecule has 1 aliphatic heterocycles. The third kappa shape index (κ3) is 4.50. The first-order chi connectivity index (χ1) is 19.1. The molecule has 6 rings (SSSR count). The third-order valence-corrected chi connectivity index (χ3v) is 7.34. The zero-order valence-electron chi connectivity index (χ0n) is 22.0. The van der Waals surface area contributed by atoms with Gasteiger partial charge < -0.3 is 14.8 Å². The zero-order chi connectivity index (χ0) is 26.9. The Morgan fingerprint density at radius 3 is 2.46 bits per heavy atom. The van der Waals surface area contributed by atoms with E-state index in [1.807, 2.05) is 83.7 Å². The van der Waals surface area contributed by atoms with E-state index in [0.29, 0.717) is 24.2 Å². The molecule has 2 amide bonds. The lowest BCUT2D eigenvalue weighted by atomic mass is 10.0. The highest BCUT2D eigenvalue weighted by Gasteiger charge is 2.36. The molecule has 1 aliphatic rings. The van der Waals surface area contributed by atoms with Gasteiger partial charge in [-0.15, -0.1) is 0 Å². The monoisotopic (exact) mass is 519 g/mol. The van der Waals surface area contributed by atoms with Crippen LogP contribution in [0.25, 0.3) is 11.5 Å². The van der Waals surface area contributed by atoms with Crippen molar-refractivity contribution in [3.05, 3.63) is 131 Å². The van der Waals surface area contributed by atoms with Gasteiger partial charge in [-0.1, -0.05) is 56.3 Å². The zero-order valence-corrected chi connectivity index (χ0v) is 22.0. The van der Waals surface area contributed by atoms with E-state index in [2.05, 4.69) is 23.7 Å². The van der Waals surface area contributed by atoms with Crippen LogP contribution in [0.15, 0.2) is 97.2 Å². The Balaban J connectivity index is 1.53. The van der Waals surface area contributed by atoms with Crippen molar-refractivity contribution in [1.82, 2.24) is 19.2 Å². The molecule has 0 saturated heterocycles. The SMILES string of the molecule is CCc1ccc(NC(=O)N2Cc3c(CC)nn(-c4ccccc4)c3-n3cccc3C2c2cccc(F)c2)cc1. The number of para-hydroxylation sites is 1. The number of nitrogens with one attached hydrogen (secondary N) is 1. The maximum atomic E-state index is 14.5. The molecule has 3 heterocycles. The number of aromatic nitrogens is 3. The molecule has 5 aromatic rings. The molecular formula is C32H30FN5O. The first kappa shape index (κ1) is 24.7. The van der Waals surface area contributed by atoms with E-state index in [1.165, 1.54) is 17.7 Å². The van der Waals surface area contributed by atoms with E-state index in [-0.39, 0.29) is 11.8 Å². The number of carbonyl (C=O) groups excluding carboxylic acids is 1. The molecule has 0 bridgehead atoms. The Morgan fingerprint density at radius 1 is 0.949 bits per heavy atom. The Morgan fingerprint density at radius 2 is 1.74 bits per heavy atom. The predicted octanol–water partition coefficient (Wildman–Crippen LogP) is 7.06. The van der Waals surface area contributed by atoms with Crippen molar-refractivity contribution in [2.45, 2.75) is 39.3 Å². The minimum Gasteiger partial charge on any atom is -0.308 e. The lowest BCUT2D eigenvalue weighted by Gasteiger charge is -2.31. The fraction of sp³-hybridized carbons (Fsp3) is 0.188. The number of benzene rings is 3. The van der Waals surface area contributed by atoms with E-state index in [0.717, 1.165) is 34.9 Å². The summed E-state index contributed by atoms with van der Waals surface area (Å²) in [4.78, 5) is 15.8. The van der Waals surface area contributed by atoms with Gasteiger partial charge in [0.25, 0.3) is 0 Å². The molecule has 7 heteroatoms. The van der Waals surface area contributed by atoms with Crippen LogP contribution in [0.2, 0.25) is 0 Å². The molecule has 0 fully saturated rings. The van der Waals surface area contributed by atoms with Crippen molar-refractivity contribution in [3.8, 4) is 11.5 Å². The average molecular weight is 520 g/mol. The fourth-order valence-corrected chi connectivity index (χ4v) is 5.39. The number of rotatable bonds is 5. The smallest absolute Gasteiger partial charge is 0.308 e. The largest absolute Gasteiger partial charge is 0.322 e. The number of nitrogens with zero attached hydrogens (tertiary/aromatic N) is 4. The van der Waals surface area contributed by atoms with Crippen LogP contribution >= 0.6 is 0 Å². The lowest BCUT2D eigenvalue weighted by Crippen LogP contribution is -2.38. The second-order valence-electron chi connectivity index (χ2n) is 9.72. The molecule has 39 heavy (non-hydrogen) atoms. The van der Waals surface area contributed by atoms with Crippen LogP contribution in [-0.4, -0.2) is 25.3 Å². The molecule has 3 aromatic carbocycles. The molecule has 1 atom stereocenters. The van der Waals surface area contributed by atoms with Gasteiger partial charge >= 0.3 is 6.03 Å². The first-order valence-corrected chi connectivity index (χ1v) is 13.3. The van der Waals surface area contributed by atoms with Crippen LogP contribution in [0.3, 0.4) is 0 Å². The number of fused-ring (bicyclic) bond motifs is 3. The van der Waals surface area contributed by atoms with E-state index in [9.17, 15) is 9.18 Å². The maximum Gasteiger partial charge on any atom is 0.322 e.